The Morgan fingerprint density at radius 2 is 1.63 bits per heavy atom. The van der Waals surface area contributed by atoms with Gasteiger partial charge in [0.2, 0.25) is 0 Å². The summed E-state index contributed by atoms with van der Waals surface area (Å²) >= 11 is 0. The second kappa shape index (κ2) is 16.4. The van der Waals surface area contributed by atoms with Gasteiger partial charge in [-0.2, -0.15) is 0 Å². The van der Waals surface area contributed by atoms with E-state index in [2.05, 4.69) is 35.8 Å². The number of allylic oxidation sites excluding steroid dienone is 5. The Labute approximate surface area is 349 Å². The van der Waals surface area contributed by atoms with Gasteiger partial charge in [-0.3, -0.25) is 14.5 Å². The molecule has 1 aromatic carbocycles. The molecule has 0 aromatic heterocycles. The van der Waals surface area contributed by atoms with Crippen LogP contribution in [0.4, 0.5) is 0 Å². The van der Waals surface area contributed by atoms with E-state index in [0.717, 1.165) is 57.6 Å². The Hall–Kier alpha value is -4.03. The number of esters is 1. The van der Waals surface area contributed by atoms with E-state index in [1.165, 1.54) is 5.57 Å². The number of phenolic OH excluding ortho intramolecular Hbond substituents is 1. The van der Waals surface area contributed by atoms with Crippen LogP contribution in [-0.2, 0) is 25.5 Å². The SMILES string of the molecule is CC(C)=CCC[C@]1(C)C=Cc2c(O)c3c(c(CC=C(C)C)c2O1)O[C@]12C(=C[C@@H]4C[C@H]1C(C)(C)O[C@@]2(C/C=C(/C)C(=O)OCCCCN1CCN(CCO)CC1)C4=O)C3=O. The summed E-state index contributed by atoms with van der Waals surface area (Å²) in [4.78, 5) is 47.8. The van der Waals surface area contributed by atoms with Crippen molar-refractivity contribution in [3.63, 3.8) is 0 Å². The minimum absolute atomic E-state index is 0.00725. The Morgan fingerprint density at radius 3 is 2.31 bits per heavy atom. The van der Waals surface area contributed by atoms with Crippen LogP contribution >= 0.6 is 0 Å². The first-order valence-electron chi connectivity index (χ1n) is 21.6. The summed E-state index contributed by atoms with van der Waals surface area (Å²) in [6.07, 6.45) is 15.5. The molecule has 1 spiro atoms. The zero-order valence-corrected chi connectivity index (χ0v) is 36.4. The van der Waals surface area contributed by atoms with Crippen LogP contribution in [0, 0.1) is 11.8 Å². The molecule has 11 nitrogen and oxygen atoms in total. The van der Waals surface area contributed by atoms with Crippen molar-refractivity contribution in [3.05, 3.63) is 69.4 Å². The molecular formula is C48H64N2O9. The highest BCUT2D eigenvalue weighted by Crippen LogP contribution is 2.68. The highest BCUT2D eigenvalue weighted by molar-refractivity contribution is 6.19. The molecule has 1 saturated carbocycles. The van der Waals surface area contributed by atoms with Gasteiger partial charge in [0, 0.05) is 67.7 Å². The number of ketones is 2. The first-order chi connectivity index (χ1) is 28.0. The van der Waals surface area contributed by atoms with Gasteiger partial charge < -0.3 is 34.1 Å². The number of phenols is 1. The van der Waals surface area contributed by atoms with Crippen LogP contribution < -0.4 is 9.47 Å². The van der Waals surface area contributed by atoms with Crippen LogP contribution in [0.15, 0.2) is 52.7 Å². The van der Waals surface area contributed by atoms with Gasteiger partial charge in [0.1, 0.15) is 28.4 Å². The van der Waals surface area contributed by atoms with E-state index in [9.17, 15) is 19.8 Å². The van der Waals surface area contributed by atoms with Gasteiger partial charge in [-0.25, -0.2) is 4.79 Å². The first-order valence-corrected chi connectivity index (χ1v) is 21.6. The molecule has 8 rings (SSSR count). The average Bonchev–Trinajstić information content (AvgIpc) is 3.33. The van der Waals surface area contributed by atoms with Gasteiger partial charge in [-0.15, -0.1) is 0 Å². The summed E-state index contributed by atoms with van der Waals surface area (Å²) in [6.45, 7) is 21.7. The maximum atomic E-state index is 15.0. The summed E-state index contributed by atoms with van der Waals surface area (Å²) in [6, 6.07) is 0. The lowest BCUT2D eigenvalue weighted by molar-refractivity contribution is -0.171. The third kappa shape index (κ3) is 7.66. The quantitative estimate of drug-likeness (QED) is 0.0814. The molecule has 2 saturated heterocycles. The van der Waals surface area contributed by atoms with Gasteiger partial charge in [0.25, 0.3) is 0 Å². The second-order valence-electron chi connectivity index (χ2n) is 18.7. The van der Waals surface area contributed by atoms with Crippen LogP contribution in [0.2, 0.25) is 0 Å². The summed E-state index contributed by atoms with van der Waals surface area (Å²) in [5.41, 5.74) is -0.540. The van der Waals surface area contributed by atoms with Crippen LogP contribution in [0.5, 0.6) is 17.2 Å². The molecule has 0 unspecified atom stereocenters. The number of aliphatic hydroxyl groups excluding tert-OH is 1. The second-order valence-corrected chi connectivity index (χ2v) is 18.7. The smallest absolute Gasteiger partial charge is 0.333 e. The molecular weight excluding hydrogens is 749 g/mol. The predicted molar refractivity (Wildman–Crippen MR) is 227 cm³/mol. The normalized spacial score (nSPS) is 29.2. The van der Waals surface area contributed by atoms with E-state index < -0.39 is 34.3 Å². The number of hydrogen-bond donors (Lipinski definition) is 2. The van der Waals surface area contributed by atoms with Crippen LogP contribution in [0.25, 0.3) is 6.08 Å². The first kappa shape index (κ1) is 43.1. The number of carbonyl (C=O) groups excluding carboxylic acids is 3. The van der Waals surface area contributed by atoms with Crippen molar-refractivity contribution in [1.29, 1.82) is 0 Å². The van der Waals surface area contributed by atoms with Crippen molar-refractivity contribution in [3.8, 4) is 17.2 Å². The van der Waals surface area contributed by atoms with Crippen molar-refractivity contribution in [1.82, 2.24) is 9.80 Å². The standard InChI is InChI=1S/C48H64N2O9/c1-30(2)12-11-17-46(8)18-16-34-39(52)38-40(53)36-28-33-29-37-45(6,7)59-47(43(33)54,48(36,37)58-42(38)35(41(34)57-46)14-13-31(3)4)19-15-32(5)44(55)56-27-10-9-20-49-21-23-50(24-22-49)25-26-51/h12-13,15-16,18,28,33,37,51-52H,9-11,14,17,19-27,29H2,1-8H3/b32-15-/t33-,37+,46-,47+,48-/m1/s1. The van der Waals surface area contributed by atoms with Crippen molar-refractivity contribution < 1.29 is 43.5 Å². The Kier molecular flexibility index (Phi) is 12.0. The molecule has 7 aliphatic rings. The van der Waals surface area contributed by atoms with E-state index in [1.807, 2.05) is 46.8 Å². The number of aromatic hydroxyl groups is 1. The number of nitrogens with zero attached hydrogens (tertiary/aromatic N) is 2. The monoisotopic (exact) mass is 812 g/mol. The lowest BCUT2D eigenvalue weighted by Crippen LogP contribution is -2.72. The molecule has 3 aliphatic carbocycles. The molecule has 1 aromatic rings. The Balaban J connectivity index is 1.18. The van der Waals surface area contributed by atoms with Crippen molar-refractivity contribution in [2.45, 2.75) is 123 Å². The number of hydrogen-bond acceptors (Lipinski definition) is 11. The lowest BCUT2D eigenvalue weighted by atomic mass is 9.51. The van der Waals surface area contributed by atoms with Crippen LogP contribution in [0.1, 0.15) is 115 Å². The number of β-amino-alcohol motifs (C(OH)–C–C–N with tert-alkyl or cyclic N) is 1. The fraction of sp³-hybridized carbons (Fsp3) is 0.604. The van der Waals surface area contributed by atoms with E-state index in [4.69, 9.17) is 18.9 Å². The predicted octanol–water partition coefficient (Wildman–Crippen LogP) is 7.09. The summed E-state index contributed by atoms with van der Waals surface area (Å²) in [5.74, 6) is -1.48. The van der Waals surface area contributed by atoms with Gasteiger partial charge in [-0.1, -0.05) is 35.5 Å². The lowest BCUT2D eigenvalue weighted by Gasteiger charge is -2.56. The van der Waals surface area contributed by atoms with E-state index in [0.29, 0.717) is 53.8 Å². The number of piperazine rings is 1. The van der Waals surface area contributed by atoms with Crippen LogP contribution in [-0.4, -0.2) is 112 Å². The number of carbonyl (C=O) groups is 3. The third-order valence-electron chi connectivity index (χ3n) is 13.5. The number of fused-ring (bicyclic) bond motifs is 2. The average molecular weight is 813 g/mol. The molecule has 0 radical (unpaired) electrons. The molecule has 59 heavy (non-hydrogen) atoms. The van der Waals surface area contributed by atoms with E-state index >= 15 is 4.79 Å². The summed E-state index contributed by atoms with van der Waals surface area (Å²) in [7, 11) is 0. The number of ether oxygens (including phenoxy) is 4. The van der Waals surface area contributed by atoms with Gasteiger partial charge in [-0.05, 0) is 113 Å². The molecule has 4 heterocycles. The molecule has 5 atom stereocenters. The van der Waals surface area contributed by atoms with Gasteiger partial charge in [0.05, 0.1) is 24.4 Å². The molecule has 4 aliphatic heterocycles. The van der Waals surface area contributed by atoms with Gasteiger partial charge in [0.15, 0.2) is 22.8 Å². The van der Waals surface area contributed by atoms with Crippen molar-refractivity contribution in [2.24, 2.45) is 11.8 Å². The fourth-order valence-corrected chi connectivity index (χ4v) is 10.3. The highest BCUT2D eigenvalue weighted by atomic mass is 16.6. The van der Waals surface area contributed by atoms with E-state index in [-0.39, 0.29) is 54.2 Å². The summed E-state index contributed by atoms with van der Waals surface area (Å²) in [5, 5.41) is 21.2. The Morgan fingerprint density at radius 1 is 0.932 bits per heavy atom. The molecule has 2 N–H and O–H groups in total. The van der Waals surface area contributed by atoms with Crippen LogP contribution in [0.3, 0.4) is 0 Å². The maximum absolute atomic E-state index is 15.0. The maximum Gasteiger partial charge on any atom is 0.333 e. The molecule has 4 bridgehead atoms. The number of Topliss-reactive ketones (excluding diaryl/α,β-unsaturated/α-hetero) is 2. The Bertz CT molecular complexity index is 2030. The zero-order valence-electron chi connectivity index (χ0n) is 36.4. The highest BCUT2D eigenvalue weighted by Gasteiger charge is 2.81. The fourth-order valence-electron chi connectivity index (χ4n) is 10.3. The largest absolute Gasteiger partial charge is 0.506 e. The minimum Gasteiger partial charge on any atom is -0.506 e. The molecule has 320 valence electrons. The zero-order chi connectivity index (χ0) is 42.5. The van der Waals surface area contributed by atoms with E-state index in [1.54, 1.807) is 19.1 Å². The number of unbranched alkanes of at least 4 members (excludes halogenated alkanes) is 1. The third-order valence-corrected chi connectivity index (χ3v) is 13.5. The number of rotatable bonds is 15. The topological polar surface area (TPSA) is 135 Å². The molecule has 0 amide bonds. The number of benzene rings is 1. The van der Waals surface area contributed by atoms with Crippen molar-refractivity contribution in [2.75, 3.05) is 52.5 Å². The number of aliphatic hydroxyl groups is 1. The summed E-state index contributed by atoms with van der Waals surface area (Å²) < 4.78 is 26.8. The molecule has 3 fully saturated rings. The minimum atomic E-state index is -1.61. The van der Waals surface area contributed by atoms with Crippen molar-refractivity contribution >= 4 is 23.6 Å². The van der Waals surface area contributed by atoms with Gasteiger partial charge >= 0.3 is 5.97 Å². The molecule has 11 heteroatoms.